The van der Waals surface area contributed by atoms with Crippen LogP contribution in [0.2, 0.25) is 0 Å². The molecular weight excluding hydrogens is 295 g/mol. The van der Waals surface area contributed by atoms with Crippen molar-refractivity contribution in [2.75, 3.05) is 11.4 Å². The Morgan fingerprint density at radius 1 is 1.41 bits per heavy atom. The second-order valence-corrected chi connectivity index (χ2v) is 5.36. The molecule has 0 aliphatic carbocycles. The number of hydrogen-bond donors (Lipinski definition) is 0. The first kappa shape index (κ1) is 14.7. The zero-order chi connectivity index (χ0) is 15.7. The molecule has 1 unspecified atom stereocenters. The van der Waals surface area contributed by atoms with Gasteiger partial charge in [-0.15, -0.1) is 0 Å². The number of fused-ring (bicyclic) bond motifs is 1. The van der Waals surface area contributed by atoms with E-state index in [1.165, 1.54) is 10.7 Å². The molecule has 0 radical (unpaired) electrons. The summed E-state index contributed by atoms with van der Waals surface area (Å²) in [5, 5.41) is 3.92. The predicted octanol–water partition coefficient (Wildman–Crippen LogP) is 3.07. The van der Waals surface area contributed by atoms with Gasteiger partial charge in [0.1, 0.15) is 12.6 Å². The van der Waals surface area contributed by atoms with E-state index < -0.39 is 18.8 Å². The average molecular weight is 311 g/mol. The summed E-state index contributed by atoms with van der Waals surface area (Å²) in [6.45, 7) is 2.50. The predicted molar refractivity (Wildman–Crippen MR) is 75.8 cm³/mol. The van der Waals surface area contributed by atoms with E-state index in [0.29, 0.717) is 18.8 Å². The molecule has 1 atom stereocenters. The number of nitrogens with zero attached hydrogens (tertiary/aromatic N) is 3. The van der Waals surface area contributed by atoms with Crippen LogP contribution < -0.4 is 9.64 Å². The van der Waals surface area contributed by atoms with Crippen LogP contribution >= 0.6 is 0 Å². The lowest BCUT2D eigenvalue weighted by atomic mass is 10.1. The fourth-order valence-corrected chi connectivity index (χ4v) is 2.61. The van der Waals surface area contributed by atoms with E-state index >= 15 is 0 Å². The third-order valence-electron chi connectivity index (χ3n) is 3.47. The van der Waals surface area contributed by atoms with Gasteiger partial charge in [0.05, 0.1) is 18.4 Å². The smallest absolute Gasteiger partial charge is 0.257 e. The summed E-state index contributed by atoms with van der Waals surface area (Å²) in [7, 11) is 0. The lowest BCUT2D eigenvalue weighted by Crippen LogP contribution is -2.38. The van der Waals surface area contributed by atoms with Gasteiger partial charge < -0.3 is 9.64 Å². The first-order chi connectivity index (χ1) is 10.5. The molecule has 4 nitrogen and oxygen atoms in total. The maximum absolute atomic E-state index is 13.9. The molecule has 0 bridgehead atoms. The van der Waals surface area contributed by atoms with Gasteiger partial charge in [0.25, 0.3) is 6.43 Å². The van der Waals surface area contributed by atoms with Crippen LogP contribution in [0, 0.1) is 5.82 Å². The Bertz CT molecular complexity index is 659. The Morgan fingerprint density at radius 2 is 2.23 bits per heavy atom. The number of benzene rings is 1. The summed E-state index contributed by atoms with van der Waals surface area (Å²) in [4.78, 5) is 1.97. The summed E-state index contributed by atoms with van der Waals surface area (Å²) in [5.74, 6) is -0.163. The third kappa shape index (κ3) is 3.03. The van der Waals surface area contributed by atoms with E-state index in [2.05, 4.69) is 5.10 Å². The van der Waals surface area contributed by atoms with Crippen LogP contribution in [0.5, 0.6) is 5.75 Å². The van der Waals surface area contributed by atoms with Gasteiger partial charge in [0.2, 0.25) is 0 Å². The van der Waals surface area contributed by atoms with Crippen LogP contribution in [-0.4, -0.2) is 28.9 Å². The molecule has 3 rings (SSSR count). The van der Waals surface area contributed by atoms with Crippen LogP contribution in [0.25, 0.3) is 0 Å². The van der Waals surface area contributed by atoms with Crippen LogP contribution in [0.1, 0.15) is 12.5 Å². The molecule has 2 aromatic rings. The van der Waals surface area contributed by atoms with E-state index in [1.807, 2.05) is 11.8 Å². The van der Waals surface area contributed by atoms with Crippen molar-refractivity contribution in [3.05, 3.63) is 42.0 Å². The maximum atomic E-state index is 13.9. The minimum Gasteiger partial charge on any atom is -0.484 e. The highest BCUT2D eigenvalue weighted by atomic mass is 19.3. The number of halogens is 3. The first-order valence-corrected chi connectivity index (χ1v) is 7.02. The van der Waals surface area contributed by atoms with Crippen molar-refractivity contribution in [1.29, 1.82) is 0 Å². The van der Waals surface area contributed by atoms with Gasteiger partial charge in [-0.2, -0.15) is 5.10 Å². The minimum atomic E-state index is -2.44. The summed E-state index contributed by atoms with van der Waals surface area (Å²) >= 11 is 0. The van der Waals surface area contributed by atoms with Gasteiger partial charge in [-0.3, -0.25) is 4.68 Å². The van der Waals surface area contributed by atoms with Gasteiger partial charge >= 0.3 is 0 Å². The van der Waals surface area contributed by atoms with Crippen molar-refractivity contribution < 1.29 is 17.9 Å². The minimum absolute atomic E-state index is 0.152. The van der Waals surface area contributed by atoms with Crippen LogP contribution in [0.15, 0.2) is 30.6 Å². The van der Waals surface area contributed by atoms with Gasteiger partial charge in [-0.1, -0.05) is 6.07 Å². The Labute approximate surface area is 126 Å². The normalized spacial score (nSPS) is 17.5. The van der Waals surface area contributed by atoms with Crippen LogP contribution in [0.3, 0.4) is 0 Å². The largest absolute Gasteiger partial charge is 0.484 e. The van der Waals surface area contributed by atoms with Crippen molar-refractivity contribution in [1.82, 2.24) is 9.78 Å². The number of aromatic nitrogens is 2. The highest BCUT2D eigenvalue weighted by molar-refractivity contribution is 5.60. The molecule has 0 N–H and O–H groups in total. The summed E-state index contributed by atoms with van der Waals surface area (Å²) < 4.78 is 45.3. The molecule has 0 fully saturated rings. The van der Waals surface area contributed by atoms with E-state index in [1.54, 1.807) is 24.5 Å². The Hall–Kier alpha value is -2.18. The van der Waals surface area contributed by atoms with Crippen molar-refractivity contribution in [3.63, 3.8) is 0 Å². The highest BCUT2D eigenvalue weighted by Crippen LogP contribution is 2.36. The molecule has 22 heavy (non-hydrogen) atoms. The number of alkyl halides is 2. The lowest BCUT2D eigenvalue weighted by Gasteiger charge is -2.34. The van der Waals surface area contributed by atoms with Crippen molar-refractivity contribution in [3.8, 4) is 5.75 Å². The van der Waals surface area contributed by atoms with Crippen molar-refractivity contribution in [2.45, 2.75) is 32.5 Å². The topological polar surface area (TPSA) is 30.3 Å². The fraction of sp³-hybridized carbons (Fsp3) is 0.400. The number of anilines is 1. The van der Waals surface area contributed by atoms with Crippen LogP contribution in [0.4, 0.5) is 18.9 Å². The number of hydrogen-bond acceptors (Lipinski definition) is 3. The molecule has 7 heteroatoms. The maximum Gasteiger partial charge on any atom is 0.257 e. The summed E-state index contributed by atoms with van der Waals surface area (Å²) in [6.07, 6.45) is 0.554. The van der Waals surface area contributed by atoms with Crippen molar-refractivity contribution >= 4 is 5.69 Å². The van der Waals surface area contributed by atoms with E-state index in [4.69, 9.17) is 4.74 Å². The van der Waals surface area contributed by atoms with Gasteiger partial charge in [-0.25, -0.2) is 13.2 Å². The molecule has 0 saturated carbocycles. The SMILES string of the molecule is CC1CN(Cc2cnn(CC(F)F)c2)c2cccc(F)c2O1. The summed E-state index contributed by atoms with van der Waals surface area (Å²) in [5.41, 5.74) is 1.46. The lowest BCUT2D eigenvalue weighted by molar-refractivity contribution is 0.122. The first-order valence-electron chi connectivity index (χ1n) is 7.02. The zero-order valence-corrected chi connectivity index (χ0v) is 12.0. The molecule has 1 aromatic heterocycles. The molecule has 0 amide bonds. The molecule has 1 aliphatic rings. The molecular formula is C15H16F3N3O. The Balaban J connectivity index is 1.81. The molecule has 2 heterocycles. The summed E-state index contributed by atoms with van der Waals surface area (Å²) in [6, 6.07) is 4.77. The third-order valence-corrected chi connectivity index (χ3v) is 3.47. The fourth-order valence-electron chi connectivity index (χ4n) is 2.61. The number of ether oxygens (including phenoxy) is 1. The second-order valence-electron chi connectivity index (χ2n) is 5.36. The molecule has 0 saturated heterocycles. The Kier molecular flexibility index (Phi) is 3.96. The Morgan fingerprint density at radius 3 is 3.00 bits per heavy atom. The van der Waals surface area contributed by atoms with E-state index in [9.17, 15) is 13.2 Å². The monoisotopic (exact) mass is 311 g/mol. The molecule has 0 spiro atoms. The van der Waals surface area contributed by atoms with Gasteiger partial charge in [0, 0.05) is 18.3 Å². The van der Waals surface area contributed by atoms with E-state index in [0.717, 1.165) is 5.56 Å². The zero-order valence-electron chi connectivity index (χ0n) is 12.0. The number of rotatable bonds is 4. The van der Waals surface area contributed by atoms with Gasteiger partial charge in [-0.05, 0) is 19.1 Å². The molecule has 118 valence electrons. The second kappa shape index (κ2) is 5.90. The average Bonchev–Trinajstić information content (AvgIpc) is 2.86. The highest BCUT2D eigenvalue weighted by Gasteiger charge is 2.25. The quantitative estimate of drug-likeness (QED) is 0.869. The van der Waals surface area contributed by atoms with Gasteiger partial charge in [0.15, 0.2) is 11.6 Å². The number of para-hydroxylation sites is 1. The van der Waals surface area contributed by atoms with Crippen LogP contribution in [-0.2, 0) is 13.1 Å². The molecule has 1 aliphatic heterocycles. The van der Waals surface area contributed by atoms with E-state index in [-0.39, 0.29) is 11.9 Å². The standard InChI is InChI=1S/C15H16F3N3O/c1-10-6-20(13-4-2-3-12(16)15(13)22-10)7-11-5-19-21(8-11)9-14(17)18/h2-5,8,10,14H,6-7,9H2,1H3. The van der Waals surface area contributed by atoms with Crippen molar-refractivity contribution in [2.24, 2.45) is 0 Å². The molecule has 1 aromatic carbocycles.